The molecule has 0 atom stereocenters. The first-order valence-electron chi connectivity index (χ1n) is 23.2. The third kappa shape index (κ3) is 12.7. The second-order valence-corrected chi connectivity index (χ2v) is 22.6. The molecule has 0 radical (unpaired) electrons. The molecule has 0 spiro atoms. The van der Waals surface area contributed by atoms with Crippen LogP contribution in [0.15, 0.2) is 140 Å². The highest BCUT2D eigenvalue weighted by atomic mass is 79.9. The highest BCUT2D eigenvalue weighted by Crippen LogP contribution is 2.31. The molecule has 6 aromatic carbocycles. The van der Waals surface area contributed by atoms with Crippen LogP contribution >= 0.6 is 63.7 Å². The van der Waals surface area contributed by atoms with Gasteiger partial charge in [0.05, 0.1) is 34.2 Å². The zero-order chi connectivity index (χ0) is 54.2. The third-order valence-corrected chi connectivity index (χ3v) is 14.1. The van der Waals surface area contributed by atoms with Gasteiger partial charge in [-0.15, -0.1) is 28.9 Å². The second-order valence-electron chi connectivity index (χ2n) is 18.2. The van der Waals surface area contributed by atoms with E-state index < -0.39 is 10.4 Å². The molecule has 0 amide bonds. The number of aromatic nitrogens is 12. The summed E-state index contributed by atoms with van der Waals surface area (Å²) in [5.41, 5.74) is 21.3. The number of aryl methyl sites for hydroxylation is 10. The molecule has 0 N–H and O–H groups in total. The molecule has 0 fully saturated rings. The molecule has 75 heavy (non-hydrogen) atoms. The SMILES string of the molecule is Cc1cc(Br)cc(C)c1-n1cc(-c2cccc(-c3c[n+](-c4c(C)cc(Br)cc4C)nn3C)c2)nn1.Cc1cc(Br)cc(C)c1-n1cc(-c2cccc(-c3c[n+](-c4c(C)cc(Br)cc4C)nn3C)c2)nn1.O=S(=O)([O-])[O-]. The molecule has 0 aliphatic carbocycles. The largest absolute Gasteiger partial charge is 0.759 e. The summed E-state index contributed by atoms with van der Waals surface area (Å²) in [5, 5.41) is 27.3. The topological polar surface area (TPSA) is 185 Å². The van der Waals surface area contributed by atoms with E-state index in [1.807, 2.05) is 66.7 Å². The molecule has 0 unspecified atom stereocenters. The molecular formula is C54H50Br4N12O4S. The number of hydrogen-bond acceptors (Lipinski definition) is 10. The Labute approximate surface area is 468 Å². The first kappa shape index (κ1) is 54.9. The van der Waals surface area contributed by atoms with Crippen LogP contribution in [0.2, 0.25) is 0 Å². The van der Waals surface area contributed by atoms with E-state index in [1.165, 1.54) is 0 Å². The van der Waals surface area contributed by atoms with Crippen molar-refractivity contribution in [1.29, 1.82) is 0 Å². The minimum absolute atomic E-state index is 0.822. The van der Waals surface area contributed by atoms with Gasteiger partial charge >= 0.3 is 0 Å². The van der Waals surface area contributed by atoms with Crippen molar-refractivity contribution in [2.24, 2.45) is 14.1 Å². The van der Waals surface area contributed by atoms with Crippen molar-refractivity contribution < 1.29 is 26.9 Å². The van der Waals surface area contributed by atoms with Gasteiger partial charge in [0.25, 0.3) is 0 Å². The van der Waals surface area contributed by atoms with Crippen LogP contribution in [0.5, 0.6) is 0 Å². The van der Waals surface area contributed by atoms with Crippen molar-refractivity contribution in [3.05, 3.63) is 184 Å². The van der Waals surface area contributed by atoms with Crippen LogP contribution in [-0.2, 0) is 24.5 Å². The van der Waals surface area contributed by atoms with E-state index in [1.54, 1.807) is 0 Å². The summed E-state index contributed by atoms with van der Waals surface area (Å²) in [6.07, 6.45) is 8.13. The summed E-state index contributed by atoms with van der Waals surface area (Å²) in [4.78, 5) is 0. The molecule has 0 bridgehead atoms. The van der Waals surface area contributed by atoms with Crippen molar-refractivity contribution in [2.75, 3.05) is 0 Å². The van der Waals surface area contributed by atoms with Crippen LogP contribution < -0.4 is 9.36 Å². The number of hydrogen-bond donors (Lipinski definition) is 0. The van der Waals surface area contributed by atoms with Crippen molar-refractivity contribution >= 4 is 74.1 Å². The van der Waals surface area contributed by atoms with Crippen molar-refractivity contribution in [3.8, 4) is 67.8 Å². The number of benzene rings is 6. The summed E-state index contributed by atoms with van der Waals surface area (Å²) in [5.74, 6) is 0. The van der Waals surface area contributed by atoms with Crippen LogP contribution in [0, 0.1) is 55.4 Å². The Balaban J connectivity index is 0.000000183. The summed E-state index contributed by atoms with van der Waals surface area (Å²) in [6, 6.07) is 33.5. The van der Waals surface area contributed by atoms with Crippen LogP contribution in [0.25, 0.3) is 67.8 Å². The fraction of sp³-hybridized carbons (Fsp3) is 0.185. The summed E-state index contributed by atoms with van der Waals surface area (Å²) < 4.78 is 49.8. The van der Waals surface area contributed by atoms with Gasteiger partial charge in [-0.3, -0.25) is 8.42 Å². The second kappa shape index (κ2) is 22.5. The Morgan fingerprint density at radius 3 is 1.04 bits per heavy atom. The van der Waals surface area contributed by atoms with E-state index in [2.05, 4.69) is 237 Å². The van der Waals surface area contributed by atoms with E-state index in [-0.39, 0.29) is 0 Å². The molecule has 10 rings (SSSR count). The molecule has 4 heterocycles. The minimum atomic E-state index is -5.17. The van der Waals surface area contributed by atoms with Gasteiger partial charge in [0, 0.05) is 50.5 Å². The van der Waals surface area contributed by atoms with E-state index in [0.717, 1.165) is 130 Å². The molecule has 0 saturated heterocycles. The smallest absolute Gasteiger partial charge is 0.197 e. The molecule has 384 valence electrons. The monoisotopic (exact) mass is 1280 g/mol. The summed E-state index contributed by atoms with van der Waals surface area (Å²) >= 11 is 14.3. The lowest BCUT2D eigenvalue weighted by molar-refractivity contribution is -0.662. The van der Waals surface area contributed by atoms with Gasteiger partial charge in [-0.2, -0.15) is 0 Å². The van der Waals surface area contributed by atoms with Crippen LogP contribution in [0.3, 0.4) is 0 Å². The quantitative estimate of drug-likeness (QED) is 0.0805. The average Bonchev–Trinajstić information content (AvgIpc) is 4.13. The van der Waals surface area contributed by atoms with Gasteiger partial charge in [-0.05, 0) is 161 Å². The number of halogens is 4. The normalized spacial score (nSPS) is 11.3. The molecule has 0 aliphatic heterocycles. The van der Waals surface area contributed by atoms with Crippen molar-refractivity contribution in [3.63, 3.8) is 0 Å². The predicted octanol–water partition coefficient (Wildman–Crippen LogP) is 11.4. The first-order chi connectivity index (χ1) is 35.4. The highest BCUT2D eigenvalue weighted by Gasteiger charge is 2.23. The summed E-state index contributed by atoms with van der Waals surface area (Å²) in [6.45, 7) is 16.8. The first-order valence-corrected chi connectivity index (χ1v) is 27.7. The Hall–Kier alpha value is -6.33. The van der Waals surface area contributed by atoms with Gasteiger partial charge in [-0.1, -0.05) is 111 Å². The molecule has 4 aromatic heterocycles. The fourth-order valence-electron chi connectivity index (χ4n) is 9.32. The lowest BCUT2D eigenvalue weighted by Gasteiger charge is -2.09. The van der Waals surface area contributed by atoms with Crippen LogP contribution in [-0.4, -0.2) is 67.3 Å². The molecule has 0 aliphatic rings. The Bertz CT molecular complexity index is 3580. The zero-order valence-electron chi connectivity index (χ0n) is 42.5. The molecule has 0 saturated carbocycles. The van der Waals surface area contributed by atoms with Gasteiger partial charge in [0.2, 0.25) is 0 Å². The Morgan fingerprint density at radius 1 is 0.453 bits per heavy atom. The summed E-state index contributed by atoms with van der Waals surface area (Å²) in [7, 11) is -1.23. The number of nitrogens with zero attached hydrogens (tertiary/aromatic N) is 12. The maximum atomic E-state index is 8.52. The van der Waals surface area contributed by atoms with E-state index in [0.29, 0.717) is 0 Å². The van der Waals surface area contributed by atoms with Crippen LogP contribution in [0.1, 0.15) is 44.5 Å². The predicted molar refractivity (Wildman–Crippen MR) is 300 cm³/mol. The maximum Gasteiger partial charge on any atom is 0.197 e. The zero-order valence-corrected chi connectivity index (χ0v) is 49.6. The molecule has 10 aromatic rings. The average molecular weight is 1280 g/mol. The lowest BCUT2D eigenvalue weighted by Crippen LogP contribution is -2.35. The Kier molecular flexibility index (Phi) is 16.5. The van der Waals surface area contributed by atoms with E-state index in [4.69, 9.17) is 28.0 Å². The van der Waals surface area contributed by atoms with Gasteiger partial charge < -0.3 is 9.11 Å². The van der Waals surface area contributed by atoms with Crippen molar-refractivity contribution in [1.82, 2.24) is 49.8 Å². The number of rotatable bonds is 8. The lowest BCUT2D eigenvalue weighted by atomic mass is 10.1. The molecular weight excluding hydrogens is 1230 g/mol. The van der Waals surface area contributed by atoms with E-state index in [9.17, 15) is 0 Å². The van der Waals surface area contributed by atoms with Crippen molar-refractivity contribution in [2.45, 2.75) is 55.4 Å². The fourth-order valence-corrected chi connectivity index (χ4v) is 12.1. The Morgan fingerprint density at radius 2 is 0.733 bits per heavy atom. The highest BCUT2D eigenvalue weighted by molar-refractivity contribution is 9.11. The maximum absolute atomic E-state index is 8.52. The standard InChI is InChI=1S/2C27H25Br2N6.H2O4S/c2*1-16-9-22(28)10-17(2)26(16)34-14-24(30-31-34)20-7-6-8-21(13-20)25-15-35(32-33(25)5)27-18(3)11-23(29)12-19(27)4;1-5(2,3)4/h2*6-15H,1-5H3;(H2,1,2,3,4)/q2*+1;/p-2. The van der Waals surface area contributed by atoms with Crippen LogP contribution in [0.4, 0.5) is 0 Å². The van der Waals surface area contributed by atoms with Gasteiger partial charge in [0.15, 0.2) is 35.2 Å². The molecule has 16 nitrogen and oxygen atoms in total. The van der Waals surface area contributed by atoms with E-state index >= 15 is 0 Å². The van der Waals surface area contributed by atoms with Gasteiger partial charge in [0.1, 0.15) is 25.5 Å². The van der Waals surface area contributed by atoms with Gasteiger partial charge in [-0.25, -0.2) is 9.36 Å². The minimum Gasteiger partial charge on any atom is -0.759 e. The molecule has 21 heteroatoms. The third-order valence-electron chi connectivity index (χ3n) is 12.3.